The summed E-state index contributed by atoms with van der Waals surface area (Å²) in [7, 11) is 0. The molecule has 1 fully saturated rings. The molecule has 1 aromatic carbocycles. The minimum atomic E-state index is -1.88. The largest absolute Gasteiger partial charge is 0.480 e. The molecular weight excluding hydrogens is 360 g/mol. The number of carboxylic acid groups (broad SMARTS) is 1. The van der Waals surface area contributed by atoms with E-state index in [1.165, 1.54) is 18.4 Å². The van der Waals surface area contributed by atoms with Gasteiger partial charge in [0.1, 0.15) is 5.54 Å². The van der Waals surface area contributed by atoms with Crippen molar-refractivity contribution < 1.29 is 23.9 Å². The second kappa shape index (κ2) is 6.91. The van der Waals surface area contributed by atoms with E-state index in [0.29, 0.717) is 0 Å². The van der Waals surface area contributed by atoms with E-state index in [1.54, 1.807) is 0 Å². The van der Waals surface area contributed by atoms with Gasteiger partial charge in [-0.25, -0.2) is 0 Å². The molecule has 0 spiro atoms. The fourth-order valence-corrected chi connectivity index (χ4v) is 4.77. The first-order valence-electron chi connectivity index (χ1n) is 9.40. The van der Waals surface area contributed by atoms with Gasteiger partial charge < -0.3 is 20.6 Å². The van der Waals surface area contributed by atoms with E-state index >= 15 is 0 Å². The van der Waals surface area contributed by atoms with Crippen molar-refractivity contribution in [3.05, 3.63) is 54.0 Å². The summed E-state index contributed by atoms with van der Waals surface area (Å²) in [5.41, 5.74) is 6.19. The van der Waals surface area contributed by atoms with Crippen LogP contribution in [0.5, 0.6) is 0 Å². The van der Waals surface area contributed by atoms with Crippen molar-refractivity contribution in [3.63, 3.8) is 0 Å². The van der Waals surface area contributed by atoms with Gasteiger partial charge >= 0.3 is 5.97 Å². The summed E-state index contributed by atoms with van der Waals surface area (Å²) in [6.07, 6.45) is 3.42. The van der Waals surface area contributed by atoms with Crippen molar-refractivity contribution in [3.8, 4) is 0 Å². The molecule has 4 atom stereocenters. The molecule has 2 heterocycles. The number of furan rings is 1. The SMILES string of the molecule is NC(CC(=O)C(=O)c1ccco1)(C(=O)O)C1c2ccccc2NC2CCCC21. The number of anilines is 1. The average Bonchev–Trinajstić information content (AvgIpc) is 3.36. The van der Waals surface area contributed by atoms with E-state index in [-0.39, 0.29) is 17.7 Å². The Morgan fingerprint density at radius 1 is 1.18 bits per heavy atom. The molecule has 28 heavy (non-hydrogen) atoms. The van der Waals surface area contributed by atoms with Gasteiger partial charge in [0.05, 0.1) is 6.26 Å². The second-order valence-corrected chi connectivity index (χ2v) is 7.66. The zero-order valence-electron chi connectivity index (χ0n) is 15.3. The van der Waals surface area contributed by atoms with Crippen LogP contribution in [0.2, 0.25) is 0 Å². The molecule has 2 aromatic rings. The number of nitrogens with two attached hydrogens (primary N) is 1. The summed E-state index contributed by atoms with van der Waals surface area (Å²) in [5, 5.41) is 13.5. The van der Waals surface area contributed by atoms with Crippen molar-refractivity contribution in [2.75, 3.05) is 5.32 Å². The molecule has 146 valence electrons. The highest BCUT2D eigenvalue weighted by molar-refractivity contribution is 6.43. The average molecular weight is 382 g/mol. The van der Waals surface area contributed by atoms with Crippen LogP contribution in [0.1, 0.15) is 47.7 Å². The van der Waals surface area contributed by atoms with Gasteiger partial charge in [-0.05, 0) is 42.5 Å². The molecule has 4 unspecified atom stereocenters. The lowest BCUT2D eigenvalue weighted by Crippen LogP contribution is -2.59. The Labute approximate surface area is 161 Å². The summed E-state index contributed by atoms with van der Waals surface area (Å²) < 4.78 is 4.99. The Balaban J connectivity index is 1.73. The van der Waals surface area contributed by atoms with Crippen LogP contribution in [0.4, 0.5) is 5.69 Å². The molecule has 0 saturated heterocycles. The van der Waals surface area contributed by atoms with E-state index in [0.717, 1.165) is 30.5 Å². The molecule has 2 aliphatic rings. The number of rotatable bonds is 6. The standard InChI is InChI=1S/C21H22N2O5/c22-21(20(26)27,11-16(24)19(25)17-9-4-10-28-17)18-12-5-1-2-7-14(12)23-15-8-3-6-13(15)18/h1-2,4-5,7,9-10,13,15,18,23H,3,6,8,11,22H2,(H,26,27). The van der Waals surface area contributed by atoms with Crippen molar-refractivity contribution in [1.82, 2.24) is 0 Å². The number of carbonyl (C=O) groups is 3. The van der Waals surface area contributed by atoms with Crippen LogP contribution in [-0.4, -0.2) is 34.2 Å². The van der Waals surface area contributed by atoms with Crippen LogP contribution in [-0.2, 0) is 9.59 Å². The number of carboxylic acids is 1. The number of Topliss-reactive ketones (excluding diaryl/α,β-unsaturated/α-hetero) is 2. The molecule has 4 N–H and O–H groups in total. The molecule has 1 saturated carbocycles. The maximum atomic E-state index is 12.6. The van der Waals surface area contributed by atoms with Crippen molar-refractivity contribution in [2.24, 2.45) is 11.7 Å². The minimum absolute atomic E-state index is 0.0116. The minimum Gasteiger partial charge on any atom is -0.480 e. The molecule has 7 nitrogen and oxygen atoms in total. The van der Waals surface area contributed by atoms with E-state index < -0.39 is 35.4 Å². The number of para-hydroxylation sites is 1. The first-order valence-corrected chi connectivity index (χ1v) is 9.40. The van der Waals surface area contributed by atoms with Gasteiger partial charge in [0.15, 0.2) is 5.76 Å². The van der Waals surface area contributed by atoms with E-state index in [4.69, 9.17) is 10.2 Å². The van der Waals surface area contributed by atoms with Crippen LogP contribution in [0, 0.1) is 5.92 Å². The number of aliphatic carboxylic acids is 1. The third-order valence-electron chi connectivity index (χ3n) is 6.04. The fourth-order valence-electron chi connectivity index (χ4n) is 4.77. The first kappa shape index (κ1) is 18.4. The molecule has 4 rings (SSSR count). The molecule has 1 aromatic heterocycles. The molecule has 7 heteroatoms. The van der Waals surface area contributed by atoms with Gasteiger partial charge in [0.2, 0.25) is 5.78 Å². The fraction of sp³-hybridized carbons (Fsp3) is 0.381. The quantitative estimate of drug-likeness (QED) is 0.518. The second-order valence-electron chi connectivity index (χ2n) is 7.66. The predicted molar refractivity (Wildman–Crippen MR) is 101 cm³/mol. The topological polar surface area (TPSA) is 123 Å². The van der Waals surface area contributed by atoms with Gasteiger partial charge in [0.25, 0.3) is 5.78 Å². The highest BCUT2D eigenvalue weighted by Crippen LogP contribution is 2.50. The summed E-state index contributed by atoms with van der Waals surface area (Å²) >= 11 is 0. The molecule has 0 bridgehead atoms. The van der Waals surface area contributed by atoms with Gasteiger partial charge in [-0.15, -0.1) is 0 Å². The van der Waals surface area contributed by atoms with E-state index in [1.807, 2.05) is 24.3 Å². The van der Waals surface area contributed by atoms with Crippen molar-refractivity contribution in [2.45, 2.75) is 43.2 Å². The number of benzene rings is 1. The van der Waals surface area contributed by atoms with Crippen LogP contribution < -0.4 is 11.1 Å². The lowest BCUT2D eigenvalue weighted by Gasteiger charge is -2.44. The molecule has 1 aliphatic carbocycles. The van der Waals surface area contributed by atoms with Gasteiger partial charge in [-0.3, -0.25) is 14.4 Å². The summed E-state index contributed by atoms with van der Waals surface area (Å²) in [6, 6.07) is 10.5. The Kier molecular flexibility index (Phi) is 4.55. The highest BCUT2D eigenvalue weighted by Gasteiger charge is 2.54. The number of hydrogen-bond donors (Lipinski definition) is 3. The maximum absolute atomic E-state index is 12.6. The number of ketones is 2. The number of nitrogens with one attached hydrogen (secondary N) is 1. The number of fused-ring (bicyclic) bond motifs is 2. The summed E-state index contributed by atoms with van der Waals surface area (Å²) in [6.45, 7) is 0. The predicted octanol–water partition coefficient (Wildman–Crippen LogP) is 2.58. The maximum Gasteiger partial charge on any atom is 0.324 e. The molecule has 1 aliphatic heterocycles. The van der Waals surface area contributed by atoms with Crippen LogP contribution in [0.25, 0.3) is 0 Å². The van der Waals surface area contributed by atoms with Crippen LogP contribution >= 0.6 is 0 Å². The lowest BCUT2D eigenvalue weighted by molar-refractivity contribution is -0.146. The van der Waals surface area contributed by atoms with Crippen molar-refractivity contribution >= 4 is 23.2 Å². The zero-order chi connectivity index (χ0) is 19.9. The van der Waals surface area contributed by atoms with E-state index in [9.17, 15) is 19.5 Å². The highest BCUT2D eigenvalue weighted by atomic mass is 16.4. The molecule has 0 amide bonds. The third kappa shape index (κ3) is 2.92. The lowest BCUT2D eigenvalue weighted by atomic mass is 9.66. The smallest absolute Gasteiger partial charge is 0.324 e. The third-order valence-corrected chi connectivity index (χ3v) is 6.04. The Bertz CT molecular complexity index is 923. The molecular formula is C21H22N2O5. The van der Waals surface area contributed by atoms with Crippen molar-refractivity contribution in [1.29, 1.82) is 0 Å². The van der Waals surface area contributed by atoms with Crippen LogP contribution in [0.15, 0.2) is 47.1 Å². The Morgan fingerprint density at radius 3 is 2.68 bits per heavy atom. The molecule has 0 radical (unpaired) electrons. The van der Waals surface area contributed by atoms with Gasteiger partial charge in [0, 0.05) is 24.1 Å². The number of carbonyl (C=O) groups excluding carboxylic acids is 2. The normalized spacial score (nSPS) is 25.1. The summed E-state index contributed by atoms with van der Waals surface area (Å²) in [5.74, 6) is -3.68. The Hall–Kier alpha value is -2.93. The van der Waals surface area contributed by atoms with E-state index in [2.05, 4.69) is 5.32 Å². The van der Waals surface area contributed by atoms with Gasteiger partial charge in [-0.1, -0.05) is 24.6 Å². The Morgan fingerprint density at radius 2 is 1.96 bits per heavy atom. The van der Waals surface area contributed by atoms with Gasteiger partial charge in [-0.2, -0.15) is 0 Å². The number of hydrogen-bond acceptors (Lipinski definition) is 6. The monoisotopic (exact) mass is 382 g/mol. The first-order chi connectivity index (χ1) is 13.4. The summed E-state index contributed by atoms with van der Waals surface area (Å²) in [4.78, 5) is 37.3. The van der Waals surface area contributed by atoms with Crippen LogP contribution in [0.3, 0.4) is 0 Å². The zero-order valence-corrected chi connectivity index (χ0v) is 15.3.